The van der Waals surface area contributed by atoms with Crippen LogP contribution in [-0.4, -0.2) is 23.5 Å². The van der Waals surface area contributed by atoms with Crippen LogP contribution in [0.2, 0.25) is 0 Å². The molecule has 0 bridgehead atoms. The quantitative estimate of drug-likeness (QED) is 0.675. The minimum absolute atomic E-state index is 0.144. The number of hydrogen-bond donors (Lipinski definition) is 2. The molecule has 0 atom stereocenters. The van der Waals surface area contributed by atoms with E-state index in [9.17, 15) is 22.8 Å². The van der Waals surface area contributed by atoms with Gasteiger partial charge in [-0.25, -0.2) is 0 Å². The lowest BCUT2D eigenvalue weighted by molar-refractivity contribution is -0.138. The molecule has 4 nitrogen and oxygen atoms in total. The summed E-state index contributed by atoms with van der Waals surface area (Å²) in [6, 6.07) is 4.69. The SMILES string of the molecule is O=C(O)CCCCCCCNC(=O)c1ccccc1C(F)(F)F. The highest BCUT2D eigenvalue weighted by Gasteiger charge is 2.34. The minimum atomic E-state index is -4.56. The van der Waals surface area contributed by atoms with Crippen molar-refractivity contribution in [3.8, 4) is 0 Å². The molecule has 0 aliphatic heterocycles. The molecule has 0 unspecified atom stereocenters. The van der Waals surface area contributed by atoms with Crippen LogP contribution >= 0.6 is 0 Å². The largest absolute Gasteiger partial charge is 0.481 e. The molecule has 2 N–H and O–H groups in total. The van der Waals surface area contributed by atoms with Gasteiger partial charge in [-0.15, -0.1) is 0 Å². The monoisotopic (exact) mass is 331 g/mol. The van der Waals surface area contributed by atoms with Crippen molar-refractivity contribution in [1.82, 2.24) is 5.32 Å². The molecule has 1 rings (SSSR count). The van der Waals surface area contributed by atoms with Crippen molar-refractivity contribution < 1.29 is 27.9 Å². The molecular formula is C16H20F3NO3. The molecule has 0 aliphatic rings. The van der Waals surface area contributed by atoms with Gasteiger partial charge in [0.25, 0.3) is 5.91 Å². The fraction of sp³-hybridized carbons (Fsp3) is 0.500. The average molecular weight is 331 g/mol. The second kappa shape index (κ2) is 9.17. The summed E-state index contributed by atoms with van der Waals surface area (Å²) in [4.78, 5) is 22.2. The van der Waals surface area contributed by atoms with Crippen molar-refractivity contribution >= 4 is 11.9 Å². The first kappa shape index (κ1) is 19.0. The number of rotatable bonds is 9. The number of alkyl halides is 3. The third kappa shape index (κ3) is 7.17. The molecule has 0 aliphatic carbocycles. The van der Waals surface area contributed by atoms with Gasteiger partial charge in [-0.2, -0.15) is 13.2 Å². The topological polar surface area (TPSA) is 66.4 Å². The summed E-state index contributed by atoms with van der Waals surface area (Å²) < 4.78 is 38.4. The van der Waals surface area contributed by atoms with E-state index in [1.165, 1.54) is 12.1 Å². The summed E-state index contributed by atoms with van der Waals surface area (Å²) in [6.07, 6.45) is -0.739. The number of carbonyl (C=O) groups excluding carboxylic acids is 1. The predicted octanol–water partition coefficient (Wildman–Crippen LogP) is 3.86. The normalized spacial score (nSPS) is 11.3. The molecule has 0 aromatic heterocycles. The van der Waals surface area contributed by atoms with Gasteiger partial charge in [-0.3, -0.25) is 9.59 Å². The van der Waals surface area contributed by atoms with E-state index in [2.05, 4.69) is 5.32 Å². The number of carboxylic acids is 1. The Bertz CT molecular complexity index is 530. The van der Waals surface area contributed by atoms with Crippen LogP contribution in [0, 0.1) is 0 Å². The Morgan fingerprint density at radius 3 is 2.26 bits per heavy atom. The number of unbranched alkanes of at least 4 members (excludes halogenated alkanes) is 4. The number of amides is 1. The summed E-state index contributed by atoms with van der Waals surface area (Å²) in [6.45, 7) is 0.296. The van der Waals surface area contributed by atoms with Gasteiger partial charge in [0.15, 0.2) is 0 Å². The molecule has 1 aromatic rings. The van der Waals surface area contributed by atoms with Crippen LogP contribution in [0.3, 0.4) is 0 Å². The van der Waals surface area contributed by atoms with Gasteiger partial charge in [0.2, 0.25) is 0 Å². The van der Waals surface area contributed by atoms with Crippen LogP contribution < -0.4 is 5.32 Å². The maximum atomic E-state index is 12.8. The maximum absolute atomic E-state index is 12.8. The van der Waals surface area contributed by atoms with E-state index in [1.54, 1.807) is 0 Å². The molecule has 0 saturated carbocycles. The van der Waals surface area contributed by atoms with Crippen LogP contribution in [0.4, 0.5) is 13.2 Å². The van der Waals surface area contributed by atoms with E-state index in [4.69, 9.17) is 5.11 Å². The van der Waals surface area contributed by atoms with Gasteiger partial charge < -0.3 is 10.4 Å². The lowest BCUT2D eigenvalue weighted by Gasteiger charge is -2.12. The van der Waals surface area contributed by atoms with Crippen molar-refractivity contribution in [1.29, 1.82) is 0 Å². The van der Waals surface area contributed by atoms with Crippen molar-refractivity contribution in [3.05, 3.63) is 35.4 Å². The number of benzene rings is 1. The second-order valence-corrected chi connectivity index (χ2v) is 5.21. The van der Waals surface area contributed by atoms with Crippen molar-refractivity contribution in [2.45, 2.75) is 44.7 Å². The highest BCUT2D eigenvalue weighted by Crippen LogP contribution is 2.31. The van der Waals surface area contributed by atoms with Crippen molar-refractivity contribution in [2.75, 3.05) is 6.54 Å². The summed E-state index contributed by atoms with van der Waals surface area (Å²) in [5, 5.41) is 11.0. The average Bonchev–Trinajstić information content (AvgIpc) is 2.48. The first-order chi connectivity index (χ1) is 10.8. The summed E-state index contributed by atoms with van der Waals surface area (Å²) in [5.41, 5.74) is -1.31. The maximum Gasteiger partial charge on any atom is 0.417 e. The minimum Gasteiger partial charge on any atom is -0.481 e. The third-order valence-electron chi connectivity index (χ3n) is 3.33. The fourth-order valence-electron chi connectivity index (χ4n) is 2.16. The molecule has 0 heterocycles. The molecule has 0 spiro atoms. The van der Waals surface area contributed by atoms with Crippen LogP contribution in [-0.2, 0) is 11.0 Å². The smallest absolute Gasteiger partial charge is 0.417 e. The predicted molar refractivity (Wildman–Crippen MR) is 79.1 cm³/mol. The van der Waals surface area contributed by atoms with Gasteiger partial charge in [0.05, 0.1) is 11.1 Å². The number of nitrogens with one attached hydrogen (secondary N) is 1. The van der Waals surface area contributed by atoms with E-state index < -0.39 is 23.6 Å². The second-order valence-electron chi connectivity index (χ2n) is 5.21. The Hall–Kier alpha value is -2.05. The van der Waals surface area contributed by atoms with E-state index in [0.29, 0.717) is 19.4 Å². The summed E-state index contributed by atoms with van der Waals surface area (Å²) in [5.74, 6) is -1.55. The van der Waals surface area contributed by atoms with Crippen molar-refractivity contribution in [2.24, 2.45) is 0 Å². The molecule has 1 amide bonds. The van der Waals surface area contributed by atoms with Crippen LogP contribution in [0.5, 0.6) is 0 Å². The third-order valence-corrected chi connectivity index (χ3v) is 3.33. The fourth-order valence-corrected chi connectivity index (χ4v) is 2.16. The highest BCUT2D eigenvalue weighted by molar-refractivity contribution is 5.95. The zero-order valence-corrected chi connectivity index (χ0v) is 12.7. The lowest BCUT2D eigenvalue weighted by atomic mass is 10.1. The standard InChI is InChI=1S/C16H20F3NO3/c17-16(18,19)13-9-6-5-8-12(13)15(23)20-11-7-3-1-2-4-10-14(21)22/h5-6,8-9H,1-4,7,10-11H2,(H,20,23)(H,21,22). The zero-order valence-electron chi connectivity index (χ0n) is 12.7. The molecular weight excluding hydrogens is 311 g/mol. The molecule has 23 heavy (non-hydrogen) atoms. The molecule has 1 aromatic carbocycles. The van der Waals surface area contributed by atoms with Gasteiger partial charge in [-0.05, 0) is 25.0 Å². The number of aliphatic carboxylic acids is 1. The Morgan fingerprint density at radius 1 is 1.00 bits per heavy atom. The number of carboxylic acid groups (broad SMARTS) is 1. The first-order valence-corrected chi connectivity index (χ1v) is 7.48. The molecule has 7 heteroatoms. The molecule has 0 radical (unpaired) electrons. The van der Waals surface area contributed by atoms with Gasteiger partial charge in [0, 0.05) is 13.0 Å². The van der Waals surface area contributed by atoms with E-state index >= 15 is 0 Å². The van der Waals surface area contributed by atoms with Crippen LogP contribution in [0.25, 0.3) is 0 Å². The van der Waals surface area contributed by atoms with Gasteiger partial charge in [0.1, 0.15) is 0 Å². The first-order valence-electron chi connectivity index (χ1n) is 7.48. The molecule has 0 fully saturated rings. The summed E-state index contributed by atoms with van der Waals surface area (Å²) >= 11 is 0. The Morgan fingerprint density at radius 2 is 1.61 bits per heavy atom. The summed E-state index contributed by atoms with van der Waals surface area (Å²) in [7, 11) is 0. The Kier molecular flexibility index (Phi) is 7.57. The van der Waals surface area contributed by atoms with E-state index in [1.807, 2.05) is 0 Å². The van der Waals surface area contributed by atoms with Gasteiger partial charge >= 0.3 is 12.1 Å². The Labute approximate surface area is 132 Å². The van der Waals surface area contributed by atoms with Gasteiger partial charge in [-0.1, -0.05) is 31.4 Å². The van der Waals surface area contributed by atoms with Crippen molar-refractivity contribution in [3.63, 3.8) is 0 Å². The lowest BCUT2D eigenvalue weighted by Crippen LogP contribution is -2.27. The van der Waals surface area contributed by atoms with E-state index in [-0.39, 0.29) is 12.0 Å². The molecule has 128 valence electrons. The zero-order chi connectivity index (χ0) is 17.3. The van der Waals surface area contributed by atoms with Crippen LogP contribution in [0.1, 0.15) is 54.4 Å². The number of carbonyl (C=O) groups is 2. The number of hydrogen-bond acceptors (Lipinski definition) is 2. The number of halogens is 3. The Balaban J connectivity index is 2.31. The van der Waals surface area contributed by atoms with E-state index in [0.717, 1.165) is 31.4 Å². The highest BCUT2D eigenvalue weighted by atomic mass is 19.4. The molecule has 0 saturated heterocycles. The van der Waals surface area contributed by atoms with Crippen LogP contribution in [0.15, 0.2) is 24.3 Å².